The van der Waals surface area contributed by atoms with Crippen molar-refractivity contribution in [2.24, 2.45) is 4.99 Å². The van der Waals surface area contributed by atoms with E-state index < -0.39 is 8.22 Å². The summed E-state index contributed by atoms with van der Waals surface area (Å²) in [6.45, 7) is 25.1. The van der Waals surface area contributed by atoms with E-state index in [2.05, 4.69) is 134 Å². The topological polar surface area (TPSA) is 27.6 Å². The van der Waals surface area contributed by atoms with Gasteiger partial charge in [-0.25, -0.2) is 0 Å². The molecule has 0 aromatic heterocycles. The number of benzene rings is 2. The Kier molecular flexibility index (Phi) is 10.4. The van der Waals surface area contributed by atoms with Crippen molar-refractivity contribution in [3.8, 4) is 0 Å². The molecule has 0 heterocycles. The van der Waals surface area contributed by atoms with E-state index in [1.807, 2.05) is 0 Å². The number of rotatable bonds is 9. The molecule has 0 radical (unpaired) electrons. The number of hydrogen-bond acceptors (Lipinski definition) is 2. The number of aliphatic imine (C=N–C) groups is 1. The zero-order chi connectivity index (χ0) is 26.4. The van der Waals surface area contributed by atoms with Crippen LogP contribution in [-0.4, -0.2) is 21.6 Å². The van der Waals surface area contributed by atoms with Gasteiger partial charge < -0.3 is 9.76 Å². The molecule has 0 saturated heterocycles. The van der Waals surface area contributed by atoms with Gasteiger partial charge in [0.2, 0.25) is 0 Å². The van der Waals surface area contributed by atoms with Crippen LogP contribution in [0.2, 0.25) is 0 Å². The van der Waals surface area contributed by atoms with Crippen LogP contribution in [0, 0.1) is 0 Å². The van der Waals surface area contributed by atoms with Gasteiger partial charge in [-0.1, -0.05) is 89.6 Å². The average Bonchev–Trinajstić information content (AvgIpc) is 2.75. The Morgan fingerprint density at radius 3 is 1.83 bits per heavy atom. The van der Waals surface area contributed by atoms with E-state index in [0.29, 0.717) is 11.8 Å². The molecule has 0 amide bonds. The lowest BCUT2D eigenvalue weighted by molar-refractivity contribution is 0.359. The minimum atomic E-state index is -0.922. The van der Waals surface area contributed by atoms with Crippen LogP contribution >= 0.6 is 8.22 Å². The molecule has 0 aliphatic heterocycles. The van der Waals surface area contributed by atoms with Gasteiger partial charge in [-0.15, -0.1) is 0 Å². The maximum atomic E-state index is 5.34. The van der Waals surface area contributed by atoms with E-state index >= 15 is 0 Å². The number of nitrogens with one attached hydrogen (secondary N) is 1. The molecule has 2 aromatic rings. The first-order valence-corrected chi connectivity index (χ1v) is 14.7. The fourth-order valence-corrected chi connectivity index (χ4v) is 6.68. The highest BCUT2D eigenvalue weighted by molar-refractivity contribution is 7.65. The lowest BCUT2D eigenvalue weighted by Gasteiger charge is -2.45. The van der Waals surface area contributed by atoms with Gasteiger partial charge in [-0.05, 0) is 70.9 Å². The largest absolute Gasteiger partial charge is 0.344 e. The molecule has 194 valence electrons. The van der Waals surface area contributed by atoms with Gasteiger partial charge in [0.15, 0.2) is 0 Å². The molecule has 2 rings (SSSR count). The van der Waals surface area contributed by atoms with E-state index in [-0.39, 0.29) is 11.1 Å². The van der Waals surface area contributed by atoms with Crippen molar-refractivity contribution >= 4 is 25.1 Å². The molecule has 3 nitrogen and oxygen atoms in total. The molecule has 0 saturated carbocycles. The zero-order valence-corrected chi connectivity index (χ0v) is 25.1. The predicted molar refractivity (Wildman–Crippen MR) is 160 cm³/mol. The van der Waals surface area contributed by atoms with Crippen LogP contribution in [0.4, 0.5) is 5.69 Å². The lowest BCUT2D eigenvalue weighted by atomic mass is 9.93. The molecular formula is C31H50N3P. The van der Waals surface area contributed by atoms with Gasteiger partial charge in [-0.2, -0.15) is 0 Å². The molecule has 35 heavy (non-hydrogen) atoms. The Labute approximate surface area is 217 Å². The second-order valence-corrected chi connectivity index (χ2v) is 13.9. The SMILES string of the molecule is CCCCC(=NC(C)(C)C)N([P@@](Nc1c(C(C)C)cccc1C(C)C)c1ccccc1)C(C)(C)C. The molecule has 1 N–H and O–H groups in total. The summed E-state index contributed by atoms with van der Waals surface area (Å²) in [5.74, 6) is 2.09. The zero-order valence-electron chi connectivity index (χ0n) is 24.2. The molecule has 4 heteroatoms. The molecule has 0 bridgehead atoms. The predicted octanol–water partition coefficient (Wildman–Crippen LogP) is 9.47. The number of anilines is 1. The summed E-state index contributed by atoms with van der Waals surface area (Å²) in [5, 5.41) is 5.48. The van der Waals surface area contributed by atoms with E-state index in [1.54, 1.807) is 0 Å². The van der Waals surface area contributed by atoms with E-state index in [4.69, 9.17) is 4.99 Å². The fraction of sp³-hybridized carbons (Fsp3) is 0.581. The van der Waals surface area contributed by atoms with E-state index in [1.165, 1.54) is 28.0 Å². The second kappa shape index (κ2) is 12.4. The van der Waals surface area contributed by atoms with Gasteiger partial charge in [0, 0.05) is 23.0 Å². The highest BCUT2D eigenvalue weighted by atomic mass is 31.1. The second-order valence-electron chi connectivity index (χ2n) is 12.2. The van der Waals surface area contributed by atoms with Gasteiger partial charge in [0.1, 0.15) is 14.1 Å². The summed E-state index contributed by atoms with van der Waals surface area (Å²) in [5.41, 5.74) is 3.83. The Morgan fingerprint density at radius 1 is 0.857 bits per heavy atom. The first-order valence-electron chi connectivity index (χ1n) is 13.4. The van der Waals surface area contributed by atoms with Crippen molar-refractivity contribution in [1.82, 2.24) is 4.67 Å². The third kappa shape index (κ3) is 8.35. The average molecular weight is 496 g/mol. The maximum Gasteiger partial charge on any atom is 0.127 e. The quantitative estimate of drug-likeness (QED) is 0.213. The summed E-state index contributed by atoms with van der Waals surface area (Å²) < 4.78 is 2.61. The van der Waals surface area contributed by atoms with Crippen LogP contribution in [0.3, 0.4) is 0 Å². The summed E-state index contributed by atoms with van der Waals surface area (Å²) in [4.78, 5) is 5.34. The van der Waals surface area contributed by atoms with Gasteiger partial charge >= 0.3 is 0 Å². The molecule has 0 unspecified atom stereocenters. The Balaban J connectivity index is 2.80. The van der Waals surface area contributed by atoms with Crippen molar-refractivity contribution in [1.29, 1.82) is 0 Å². The molecule has 0 fully saturated rings. The summed E-state index contributed by atoms with van der Waals surface area (Å²) in [7, 11) is -0.922. The van der Waals surface area contributed by atoms with Crippen molar-refractivity contribution in [3.05, 3.63) is 59.7 Å². The number of unbranched alkanes of at least 4 members (excludes halogenated alkanes) is 1. The molecule has 2 aromatic carbocycles. The van der Waals surface area contributed by atoms with Crippen LogP contribution in [0.1, 0.15) is 118 Å². The first kappa shape index (κ1) is 29.4. The minimum Gasteiger partial charge on any atom is -0.344 e. The Bertz CT molecular complexity index is 923. The molecule has 0 aliphatic carbocycles. The Morgan fingerprint density at radius 2 is 1.40 bits per heavy atom. The van der Waals surface area contributed by atoms with Gasteiger partial charge in [-0.3, -0.25) is 4.99 Å². The molecular weight excluding hydrogens is 445 g/mol. The van der Waals surface area contributed by atoms with Crippen molar-refractivity contribution < 1.29 is 0 Å². The van der Waals surface area contributed by atoms with Crippen molar-refractivity contribution in [2.45, 2.75) is 118 Å². The number of hydrogen-bond donors (Lipinski definition) is 1. The highest BCUT2D eigenvalue weighted by Crippen LogP contribution is 2.48. The van der Waals surface area contributed by atoms with Crippen LogP contribution < -0.4 is 10.4 Å². The van der Waals surface area contributed by atoms with Crippen LogP contribution in [0.5, 0.6) is 0 Å². The number of para-hydroxylation sites is 1. The standard InChI is InChI=1S/C31H50N3P/c1-12-13-22-28(32-30(6,7)8)34(31(9,10)11)35(25-18-15-14-16-19-25)33-29-26(23(2)3)20-17-21-27(29)24(4)5/h14-21,23-24,33H,12-13,22H2,1-11H3/t35-/m1/s1. The highest BCUT2D eigenvalue weighted by Gasteiger charge is 2.35. The molecule has 1 atom stereocenters. The van der Waals surface area contributed by atoms with Crippen LogP contribution in [0.25, 0.3) is 0 Å². The third-order valence-corrected chi connectivity index (χ3v) is 8.34. The van der Waals surface area contributed by atoms with Crippen LogP contribution in [-0.2, 0) is 0 Å². The summed E-state index contributed by atoms with van der Waals surface area (Å²) in [6.07, 6.45) is 3.28. The van der Waals surface area contributed by atoms with Gasteiger partial charge in [0.25, 0.3) is 0 Å². The van der Waals surface area contributed by atoms with Crippen molar-refractivity contribution in [3.63, 3.8) is 0 Å². The molecule has 0 aliphatic rings. The van der Waals surface area contributed by atoms with Crippen molar-refractivity contribution in [2.75, 3.05) is 5.09 Å². The summed E-state index contributed by atoms with van der Waals surface area (Å²) in [6, 6.07) is 17.8. The normalized spacial score (nSPS) is 13.9. The van der Waals surface area contributed by atoms with Gasteiger partial charge in [0.05, 0.1) is 5.54 Å². The monoisotopic (exact) mass is 495 g/mol. The fourth-order valence-electron chi connectivity index (χ4n) is 4.32. The smallest absolute Gasteiger partial charge is 0.127 e. The summed E-state index contributed by atoms with van der Waals surface area (Å²) >= 11 is 0. The molecule has 0 spiro atoms. The maximum absolute atomic E-state index is 5.34. The lowest BCUT2D eigenvalue weighted by Crippen LogP contribution is -2.46. The number of nitrogens with zero attached hydrogens (tertiary/aromatic N) is 2. The third-order valence-electron chi connectivity index (χ3n) is 5.89. The van der Waals surface area contributed by atoms with E-state index in [9.17, 15) is 0 Å². The van der Waals surface area contributed by atoms with E-state index in [0.717, 1.165) is 19.3 Å². The first-order chi connectivity index (χ1) is 16.3. The Hall–Kier alpha value is -1.86. The number of amidine groups is 1. The minimum absolute atomic E-state index is 0.100. The van der Waals surface area contributed by atoms with Crippen LogP contribution in [0.15, 0.2) is 53.5 Å².